The highest BCUT2D eigenvalue weighted by Crippen LogP contribution is 2.21. The Morgan fingerprint density at radius 2 is 1.74 bits per heavy atom. The molecule has 2 rings (SSSR count). The third kappa shape index (κ3) is 7.48. The summed E-state index contributed by atoms with van der Waals surface area (Å²) in [5, 5.41) is 2.87. The molecule has 0 bridgehead atoms. The summed E-state index contributed by atoms with van der Waals surface area (Å²) in [7, 11) is -2.18. The van der Waals surface area contributed by atoms with Crippen LogP contribution in [0, 0.1) is 6.92 Å². The average molecular weight is 490 g/mol. The monoisotopic (exact) mass is 489 g/mol. The summed E-state index contributed by atoms with van der Waals surface area (Å²) in [4.78, 5) is 28.0. The van der Waals surface area contributed by atoms with Gasteiger partial charge in [0.05, 0.1) is 19.1 Å². The molecule has 0 unspecified atom stereocenters. The van der Waals surface area contributed by atoms with Crippen molar-refractivity contribution in [3.8, 4) is 5.75 Å². The lowest BCUT2D eigenvalue weighted by Crippen LogP contribution is -2.53. The summed E-state index contributed by atoms with van der Waals surface area (Å²) in [6, 6.07) is 13.3. The molecule has 0 fully saturated rings. The van der Waals surface area contributed by atoms with Crippen LogP contribution in [0.5, 0.6) is 5.75 Å². The Hall–Kier alpha value is -3.07. The lowest BCUT2D eigenvalue weighted by atomic mass is 10.1. The fourth-order valence-corrected chi connectivity index (χ4v) is 4.47. The van der Waals surface area contributed by atoms with Crippen molar-refractivity contribution in [2.24, 2.45) is 0 Å². The highest BCUT2D eigenvalue weighted by atomic mass is 32.2. The topological polar surface area (TPSA) is 96.0 Å². The number of benzene rings is 2. The normalized spacial score (nSPS) is 12.2. The van der Waals surface area contributed by atoms with Crippen LogP contribution in [0.15, 0.2) is 48.5 Å². The van der Waals surface area contributed by atoms with Crippen LogP contribution in [0.25, 0.3) is 0 Å². The molecule has 0 aliphatic carbocycles. The maximum absolute atomic E-state index is 13.6. The molecule has 0 aromatic heterocycles. The van der Waals surface area contributed by atoms with E-state index in [0.717, 1.165) is 21.7 Å². The molecule has 2 aromatic rings. The minimum Gasteiger partial charge on any atom is -0.497 e. The van der Waals surface area contributed by atoms with E-state index < -0.39 is 28.5 Å². The van der Waals surface area contributed by atoms with Gasteiger partial charge in [-0.15, -0.1) is 0 Å². The van der Waals surface area contributed by atoms with E-state index in [9.17, 15) is 18.0 Å². The third-order valence-corrected chi connectivity index (χ3v) is 6.44. The Kier molecular flexibility index (Phi) is 9.49. The molecule has 9 heteroatoms. The number of sulfonamides is 1. The van der Waals surface area contributed by atoms with Crippen LogP contribution in [0.2, 0.25) is 0 Å². The quantitative estimate of drug-likeness (QED) is 0.523. The highest BCUT2D eigenvalue weighted by Gasteiger charge is 2.32. The van der Waals surface area contributed by atoms with Crippen LogP contribution >= 0.6 is 0 Å². The van der Waals surface area contributed by atoms with Gasteiger partial charge < -0.3 is 15.0 Å². The van der Waals surface area contributed by atoms with Gasteiger partial charge in [0.1, 0.15) is 18.3 Å². The van der Waals surface area contributed by atoms with Crippen molar-refractivity contribution in [2.45, 2.75) is 52.7 Å². The van der Waals surface area contributed by atoms with E-state index in [4.69, 9.17) is 4.74 Å². The van der Waals surface area contributed by atoms with E-state index in [1.165, 1.54) is 4.90 Å². The molecule has 0 heterocycles. The number of ether oxygens (including phenoxy) is 1. The van der Waals surface area contributed by atoms with Crippen molar-refractivity contribution in [1.29, 1.82) is 0 Å². The first-order chi connectivity index (χ1) is 16.0. The van der Waals surface area contributed by atoms with Gasteiger partial charge in [0.25, 0.3) is 0 Å². The third-order valence-electron chi connectivity index (χ3n) is 5.30. The van der Waals surface area contributed by atoms with Crippen LogP contribution < -0.4 is 14.4 Å². The van der Waals surface area contributed by atoms with Gasteiger partial charge >= 0.3 is 0 Å². The van der Waals surface area contributed by atoms with Gasteiger partial charge in [0.15, 0.2) is 0 Å². The molecule has 0 saturated carbocycles. The largest absolute Gasteiger partial charge is 0.497 e. The van der Waals surface area contributed by atoms with Crippen molar-refractivity contribution in [1.82, 2.24) is 10.2 Å². The number of nitrogens with one attached hydrogen (secondary N) is 1. The molecule has 0 spiro atoms. The molecular formula is C25H35N3O5S. The number of nitrogens with zero attached hydrogens (tertiary/aromatic N) is 2. The summed E-state index contributed by atoms with van der Waals surface area (Å²) in [6.07, 6.45) is 1.45. The number of hydrogen-bond donors (Lipinski definition) is 1. The summed E-state index contributed by atoms with van der Waals surface area (Å²) < 4.78 is 31.5. The Labute approximate surface area is 202 Å². The molecule has 0 radical (unpaired) electrons. The van der Waals surface area contributed by atoms with Crippen molar-refractivity contribution in [2.75, 3.05) is 24.2 Å². The van der Waals surface area contributed by atoms with Crippen LogP contribution in [-0.2, 0) is 26.2 Å². The average Bonchev–Trinajstić information content (AvgIpc) is 2.76. The summed E-state index contributed by atoms with van der Waals surface area (Å²) in [5.74, 6) is -0.0664. The minimum absolute atomic E-state index is 0.0979. The van der Waals surface area contributed by atoms with Gasteiger partial charge in [-0.05, 0) is 62.6 Å². The maximum atomic E-state index is 13.6. The van der Waals surface area contributed by atoms with Crippen LogP contribution in [0.1, 0.15) is 38.3 Å². The van der Waals surface area contributed by atoms with Gasteiger partial charge in [-0.25, -0.2) is 8.42 Å². The van der Waals surface area contributed by atoms with E-state index in [1.807, 2.05) is 45.9 Å². The molecule has 8 nitrogen and oxygen atoms in total. The van der Waals surface area contributed by atoms with E-state index in [2.05, 4.69) is 5.32 Å². The van der Waals surface area contributed by atoms with Crippen molar-refractivity contribution in [3.63, 3.8) is 0 Å². The van der Waals surface area contributed by atoms with Crippen LogP contribution in [-0.4, -0.2) is 57.1 Å². The lowest BCUT2D eigenvalue weighted by Gasteiger charge is -2.33. The van der Waals surface area contributed by atoms with Gasteiger partial charge in [0.2, 0.25) is 21.8 Å². The Morgan fingerprint density at radius 3 is 2.24 bits per heavy atom. The molecule has 1 atom stereocenters. The Balaban J connectivity index is 2.43. The van der Waals surface area contributed by atoms with Gasteiger partial charge in [0, 0.05) is 12.6 Å². The van der Waals surface area contributed by atoms with Crippen molar-refractivity contribution in [3.05, 3.63) is 59.7 Å². The van der Waals surface area contributed by atoms with E-state index >= 15 is 0 Å². The molecule has 0 aliphatic heterocycles. The van der Waals surface area contributed by atoms with Crippen LogP contribution in [0.3, 0.4) is 0 Å². The van der Waals surface area contributed by atoms with Gasteiger partial charge in [-0.2, -0.15) is 0 Å². The zero-order valence-electron chi connectivity index (χ0n) is 20.7. The molecule has 186 valence electrons. The number of hydrogen-bond acceptors (Lipinski definition) is 5. The summed E-state index contributed by atoms with van der Waals surface area (Å²) >= 11 is 0. The Morgan fingerprint density at radius 1 is 1.09 bits per heavy atom. The second-order valence-corrected chi connectivity index (χ2v) is 10.5. The SMILES string of the molecule is CC[C@H](C(=O)NC(C)C)N(Cc1ccc(OC)cc1)C(=O)CN(c1cccc(C)c1)S(C)(=O)=O. The molecule has 0 aliphatic rings. The van der Waals surface area contributed by atoms with Crippen molar-refractivity contribution >= 4 is 27.5 Å². The maximum Gasteiger partial charge on any atom is 0.244 e. The first-order valence-corrected chi connectivity index (χ1v) is 13.1. The van der Waals surface area contributed by atoms with Crippen molar-refractivity contribution < 1.29 is 22.7 Å². The molecule has 1 N–H and O–H groups in total. The van der Waals surface area contributed by atoms with E-state index in [-0.39, 0.29) is 18.5 Å². The Bertz CT molecular complexity index is 1080. The molecule has 2 amide bonds. The fourth-order valence-electron chi connectivity index (χ4n) is 3.62. The van der Waals surface area contributed by atoms with Gasteiger partial charge in [-0.1, -0.05) is 31.2 Å². The zero-order valence-corrected chi connectivity index (χ0v) is 21.6. The first-order valence-electron chi connectivity index (χ1n) is 11.2. The highest BCUT2D eigenvalue weighted by molar-refractivity contribution is 7.92. The number of anilines is 1. The smallest absolute Gasteiger partial charge is 0.244 e. The molecular weight excluding hydrogens is 454 g/mol. The van der Waals surface area contributed by atoms with Crippen LogP contribution in [0.4, 0.5) is 5.69 Å². The number of aryl methyl sites for hydroxylation is 1. The number of carbonyl (C=O) groups excluding carboxylic acids is 2. The predicted molar refractivity (Wildman–Crippen MR) is 134 cm³/mol. The van der Waals surface area contributed by atoms with Gasteiger partial charge in [-0.3, -0.25) is 13.9 Å². The first kappa shape index (κ1) is 27.2. The number of methoxy groups -OCH3 is 1. The molecule has 34 heavy (non-hydrogen) atoms. The number of carbonyl (C=O) groups is 2. The fraction of sp³-hybridized carbons (Fsp3) is 0.440. The number of amides is 2. The second-order valence-electron chi connectivity index (χ2n) is 8.57. The molecule has 0 saturated heterocycles. The number of rotatable bonds is 11. The minimum atomic E-state index is -3.75. The van der Waals surface area contributed by atoms with E-state index in [1.54, 1.807) is 37.4 Å². The standard InChI is InChI=1S/C25H35N3O5S/c1-7-23(25(30)26-18(2)3)27(16-20-11-13-22(33-5)14-12-20)24(29)17-28(34(6,31)32)21-10-8-9-19(4)15-21/h8-15,18,23H,7,16-17H2,1-6H3,(H,26,30)/t23-/m1/s1. The lowest BCUT2D eigenvalue weighted by molar-refractivity contribution is -0.140. The zero-order chi connectivity index (χ0) is 25.5. The second kappa shape index (κ2) is 11.9. The molecule has 2 aromatic carbocycles. The summed E-state index contributed by atoms with van der Waals surface area (Å²) in [6.45, 7) is 7.12. The van der Waals surface area contributed by atoms with E-state index in [0.29, 0.717) is 17.9 Å². The predicted octanol–water partition coefficient (Wildman–Crippen LogP) is 3.10. The summed E-state index contributed by atoms with van der Waals surface area (Å²) in [5.41, 5.74) is 2.07.